The van der Waals surface area contributed by atoms with Crippen molar-refractivity contribution in [3.8, 4) is 0 Å². The minimum absolute atomic E-state index is 0.00552. The highest BCUT2D eigenvalue weighted by atomic mass is 32.3. The Morgan fingerprint density at radius 3 is 2.29 bits per heavy atom. The highest BCUT2D eigenvalue weighted by Crippen LogP contribution is 2.40. The molecule has 13 nitrogen and oxygen atoms in total. The van der Waals surface area contributed by atoms with E-state index in [9.17, 15) is 26.5 Å². The number of benzene rings is 2. The van der Waals surface area contributed by atoms with E-state index in [1.807, 2.05) is 6.07 Å². The SMILES string of the molecule is CN(CCO)c1nc(NOS(=O)(=O)C2(S(=O)(=O)O)CC=CC=C2C=Cc2ccccc2)nc(Nc2ccccc2)n1. The number of likely N-dealkylation sites (N-methyl/N-ethyl adjacent to an activating group) is 1. The summed E-state index contributed by atoms with van der Waals surface area (Å²) in [6.07, 6.45) is 6.23. The Hall–Kier alpha value is -4.15. The molecule has 0 saturated heterocycles. The van der Waals surface area contributed by atoms with Gasteiger partial charge in [0.25, 0.3) is 20.1 Å². The van der Waals surface area contributed by atoms with Crippen LogP contribution in [0.15, 0.2) is 90.5 Å². The number of anilines is 4. The maximum atomic E-state index is 13.6. The number of nitrogens with zero attached hydrogens (tertiary/aromatic N) is 4. The van der Waals surface area contributed by atoms with Gasteiger partial charge in [-0.2, -0.15) is 31.8 Å². The van der Waals surface area contributed by atoms with E-state index < -0.39 is 30.7 Å². The van der Waals surface area contributed by atoms with Gasteiger partial charge in [0.2, 0.25) is 11.9 Å². The van der Waals surface area contributed by atoms with Gasteiger partial charge in [-0.05, 0) is 23.3 Å². The van der Waals surface area contributed by atoms with Crippen molar-refractivity contribution < 1.29 is 30.8 Å². The molecule has 1 aliphatic carbocycles. The first-order chi connectivity index (χ1) is 19.6. The van der Waals surface area contributed by atoms with Crippen LogP contribution in [0.25, 0.3) is 6.08 Å². The minimum atomic E-state index is -5.31. The second-order valence-electron chi connectivity index (χ2n) is 8.78. The number of aromatic nitrogens is 3. The number of allylic oxidation sites excluding steroid dienone is 4. The number of hydrogen-bond donors (Lipinski definition) is 4. The van der Waals surface area contributed by atoms with Gasteiger partial charge < -0.3 is 15.3 Å². The van der Waals surface area contributed by atoms with Crippen LogP contribution in [0.2, 0.25) is 0 Å². The van der Waals surface area contributed by atoms with Crippen molar-refractivity contribution in [3.63, 3.8) is 0 Å². The van der Waals surface area contributed by atoms with Gasteiger partial charge in [0, 0.05) is 25.7 Å². The van der Waals surface area contributed by atoms with Gasteiger partial charge in [-0.3, -0.25) is 4.55 Å². The number of aliphatic hydroxyl groups excluding tert-OH is 1. The van der Waals surface area contributed by atoms with Crippen LogP contribution < -0.4 is 15.7 Å². The molecule has 3 aromatic rings. The Morgan fingerprint density at radius 2 is 1.63 bits per heavy atom. The Labute approximate surface area is 237 Å². The number of nitrogens with one attached hydrogen (secondary N) is 2. The molecule has 0 spiro atoms. The molecule has 2 aromatic carbocycles. The van der Waals surface area contributed by atoms with Crippen molar-refractivity contribution in [2.24, 2.45) is 0 Å². The quantitative estimate of drug-likeness (QED) is 0.176. The topological polar surface area (TPSA) is 184 Å². The van der Waals surface area contributed by atoms with Crippen molar-refractivity contribution >= 4 is 49.8 Å². The first-order valence-electron chi connectivity index (χ1n) is 12.2. The summed E-state index contributed by atoms with van der Waals surface area (Å²) in [4.78, 5) is 14.0. The highest BCUT2D eigenvalue weighted by Gasteiger charge is 2.58. The van der Waals surface area contributed by atoms with Gasteiger partial charge in [0.1, 0.15) is 0 Å². The molecule has 1 atom stereocenters. The van der Waals surface area contributed by atoms with Crippen LogP contribution in [-0.4, -0.2) is 65.7 Å². The van der Waals surface area contributed by atoms with E-state index in [0.29, 0.717) is 11.3 Å². The lowest BCUT2D eigenvalue weighted by Crippen LogP contribution is -2.49. The fourth-order valence-corrected chi connectivity index (χ4v) is 6.82. The molecule has 4 N–H and O–H groups in total. The summed E-state index contributed by atoms with van der Waals surface area (Å²) in [6, 6.07) is 17.7. The second-order valence-corrected chi connectivity index (χ2v) is 12.5. The van der Waals surface area contributed by atoms with E-state index in [4.69, 9.17) is 4.28 Å². The predicted molar refractivity (Wildman–Crippen MR) is 155 cm³/mol. The van der Waals surface area contributed by atoms with E-state index in [1.165, 1.54) is 35.3 Å². The zero-order valence-corrected chi connectivity index (χ0v) is 23.5. The Morgan fingerprint density at radius 1 is 0.976 bits per heavy atom. The molecular weight excluding hydrogens is 572 g/mol. The molecule has 0 bridgehead atoms. The smallest absolute Gasteiger partial charge is 0.315 e. The third-order valence-electron chi connectivity index (χ3n) is 5.99. The summed E-state index contributed by atoms with van der Waals surface area (Å²) in [6.45, 7) is -0.0687. The van der Waals surface area contributed by atoms with Gasteiger partial charge in [0.15, 0.2) is 0 Å². The van der Waals surface area contributed by atoms with Crippen molar-refractivity contribution in [1.82, 2.24) is 15.0 Å². The van der Waals surface area contributed by atoms with Crippen molar-refractivity contribution in [2.75, 3.05) is 35.9 Å². The van der Waals surface area contributed by atoms with Crippen LogP contribution in [0.5, 0.6) is 0 Å². The molecule has 4 rings (SSSR count). The molecule has 0 radical (unpaired) electrons. The zero-order valence-electron chi connectivity index (χ0n) is 21.8. The van der Waals surface area contributed by atoms with Crippen LogP contribution in [-0.2, 0) is 24.5 Å². The summed E-state index contributed by atoms with van der Waals surface area (Å²) in [5.41, 5.74) is 3.16. The van der Waals surface area contributed by atoms with Crippen molar-refractivity contribution in [3.05, 3.63) is 96.1 Å². The third kappa shape index (κ3) is 6.78. The lowest BCUT2D eigenvalue weighted by molar-refractivity contribution is 0.303. The molecule has 216 valence electrons. The van der Waals surface area contributed by atoms with E-state index in [2.05, 4.69) is 25.7 Å². The summed E-state index contributed by atoms with van der Waals surface area (Å²) >= 11 is 0. The molecule has 0 fully saturated rings. The Balaban J connectivity index is 1.68. The average molecular weight is 601 g/mol. The molecule has 15 heteroatoms. The fraction of sp³-hybridized carbons (Fsp3) is 0.192. The van der Waals surface area contributed by atoms with E-state index in [1.54, 1.807) is 61.6 Å². The highest BCUT2D eigenvalue weighted by molar-refractivity contribution is 8.06. The van der Waals surface area contributed by atoms with Gasteiger partial charge >= 0.3 is 10.1 Å². The third-order valence-corrected chi connectivity index (χ3v) is 9.98. The Kier molecular flexibility index (Phi) is 9.14. The van der Waals surface area contributed by atoms with Gasteiger partial charge in [-0.15, -0.1) is 4.28 Å². The fourth-order valence-electron chi connectivity index (χ4n) is 3.90. The van der Waals surface area contributed by atoms with Crippen LogP contribution in [0.1, 0.15) is 12.0 Å². The maximum Gasteiger partial charge on any atom is 0.315 e. The monoisotopic (exact) mass is 600 g/mol. The van der Waals surface area contributed by atoms with Crippen molar-refractivity contribution in [2.45, 2.75) is 10.5 Å². The number of hydrogen-bond acceptors (Lipinski definition) is 12. The van der Waals surface area contributed by atoms with E-state index in [0.717, 1.165) is 0 Å². The molecule has 0 aliphatic heterocycles. The second kappa shape index (κ2) is 12.6. The summed E-state index contributed by atoms with van der Waals surface area (Å²) < 4.78 is 65.0. The summed E-state index contributed by atoms with van der Waals surface area (Å²) in [5.74, 6) is -0.331. The first-order valence-corrected chi connectivity index (χ1v) is 15.1. The molecule has 0 saturated carbocycles. The molecule has 1 aromatic heterocycles. The molecule has 1 heterocycles. The van der Waals surface area contributed by atoms with Gasteiger partial charge in [-0.25, -0.2) is 5.48 Å². The molecular formula is C26H28N6O7S2. The molecule has 0 amide bonds. The van der Waals surface area contributed by atoms with E-state index >= 15 is 0 Å². The largest absolute Gasteiger partial charge is 0.395 e. The van der Waals surface area contributed by atoms with Crippen LogP contribution in [0.3, 0.4) is 0 Å². The maximum absolute atomic E-state index is 13.6. The van der Waals surface area contributed by atoms with Gasteiger partial charge in [0.05, 0.1) is 6.61 Å². The molecule has 1 unspecified atom stereocenters. The van der Waals surface area contributed by atoms with Crippen LogP contribution in [0.4, 0.5) is 23.5 Å². The average Bonchev–Trinajstić information content (AvgIpc) is 2.95. The van der Waals surface area contributed by atoms with Crippen molar-refractivity contribution in [1.29, 1.82) is 0 Å². The summed E-state index contributed by atoms with van der Waals surface area (Å²) in [7, 11) is -8.88. The molecule has 41 heavy (non-hydrogen) atoms. The normalized spacial score (nSPS) is 17.3. The van der Waals surface area contributed by atoms with E-state index in [-0.39, 0.29) is 36.6 Å². The summed E-state index contributed by atoms with van der Waals surface area (Å²) in [5, 5.41) is 12.3. The number of para-hydroxylation sites is 1. The lowest BCUT2D eigenvalue weighted by atomic mass is 10.0. The number of rotatable bonds is 12. The number of aliphatic hydroxyl groups is 1. The van der Waals surface area contributed by atoms with Crippen LogP contribution in [0, 0.1) is 0 Å². The van der Waals surface area contributed by atoms with Gasteiger partial charge in [-0.1, -0.05) is 78.9 Å². The lowest BCUT2D eigenvalue weighted by Gasteiger charge is -2.31. The van der Waals surface area contributed by atoms with Crippen LogP contribution >= 0.6 is 0 Å². The zero-order chi connectivity index (χ0) is 29.5. The first kappa shape index (κ1) is 29.8. The molecule has 1 aliphatic rings. The standard InChI is InChI=1S/C26H28N6O7S2/c1-32(18-19-33)25-29-23(27-22-13-6-3-7-14-22)28-24(30-25)31-39-41(37,38)26(40(34,35)36)17-9-8-12-21(26)16-15-20-10-4-2-5-11-20/h2-16,33H,17-19H2,1H3,(H,34,35,36)(H2,27,28,29,30,31). The minimum Gasteiger partial charge on any atom is -0.395 e. The predicted octanol–water partition coefficient (Wildman–Crippen LogP) is 2.90. The Bertz CT molecular complexity index is 1660.